The molecular weight excluding hydrogens is 167 g/mol. The van der Waals surface area contributed by atoms with Gasteiger partial charge in [0.1, 0.15) is 4.84 Å². The van der Waals surface area contributed by atoms with Gasteiger partial charge in [0.05, 0.1) is 0 Å². The predicted molar refractivity (Wildman–Crippen MR) is 31.1 cm³/mol. The summed E-state index contributed by atoms with van der Waals surface area (Å²) in [4.78, 5) is 7.93. The topological polar surface area (TPSA) is 63.2 Å². The minimum absolute atomic E-state index is 0.407. The first kappa shape index (κ1) is 11.4. The Bertz CT molecular complexity index is 87.8. The Morgan fingerprint density at radius 3 is 1.67 bits per heavy atom. The third-order valence-corrected chi connectivity index (χ3v) is 0.535. The highest BCUT2D eigenvalue weighted by Crippen LogP contribution is 1.99. The highest BCUT2D eigenvalue weighted by atomic mass is 35.5. The van der Waals surface area contributed by atoms with Crippen molar-refractivity contribution in [1.82, 2.24) is 0 Å². The van der Waals surface area contributed by atoms with Crippen LogP contribution in [0.15, 0.2) is 12.7 Å². The minimum atomic E-state index is -2.33. The quantitative estimate of drug-likeness (QED) is 0.395. The average Bonchev–Trinajstić information content (AvgIpc) is 1.65. The van der Waals surface area contributed by atoms with Gasteiger partial charge in [-0.25, -0.2) is 0 Å². The Labute approximate surface area is 62.5 Å². The minimum Gasteiger partial charge on any atom is -0.652 e. The first-order valence-electron chi connectivity index (χ1n) is 1.79. The summed E-state index contributed by atoms with van der Waals surface area (Å²) >= 11 is 10.2. The summed E-state index contributed by atoms with van der Waals surface area (Å²) in [6, 6.07) is 0. The molecule has 0 aromatic rings. The van der Waals surface area contributed by atoms with E-state index >= 15 is 0 Å². The molecule has 0 fully saturated rings. The Balaban J connectivity index is 0. The fourth-order valence-electron chi connectivity index (χ4n) is 0. The molecule has 0 aromatic carbocycles. The molecule has 54 valence electrons. The van der Waals surface area contributed by atoms with Gasteiger partial charge >= 0.3 is 0 Å². The molecule has 0 unspecified atom stereocenters. The van der Waals surface area contributed by atoms with Crippen molar-refractivity contribution in [3.8, 4) is 0 Å². The van der Waals surface area contributed by atoms with Gasteiger partial charge in [-0.3, -0.25) is 0 Å². The number of halogens is 2. The molecule has 0 heterocycles. The van der Waals surface area contributed by atoms with Crippen LogP contribution in [0.2, 0.25) is 0 Å². The van der Waals surface area contributed by atoms with Crippen LogP contribution in [0, 0.1) is 0 Å². The number of allylic oxidation sites excluding steroid dienone is 1. The fraction of sp³-hybridized carbons (Fsp3) is 0.250. The highest BCUT2D eigenvalue weighted by Gasteiger charge is 1.80. The number of hydrogen-bond donors (Lipinski definition) is 0. The van der Waals surface area contributed by atoms with Gasteiger partial charge < -0.3 is 15.0 Å². The molecule has 0 aliphatic rings. The molecule has 0 rings (SSSR count). The van der Waals surface area contributed by atoms with Crippen LogP contribution in [0.5, 0.6) is 0 Å². The van der Waals surface area contributed by atoms with Crippen molar-refractivity contribution in [1.29, 1.82) is 0 Å². The standard InChI is InChI=1S/C3H4Cl2.CH2O3/c1-2-3(4)5;2-1(3)4/h2-3H,1H2;(H2,2,3,4)/p-2. The summed E-state index contributed by atoms with van der Waals surface area (Å²) in [5.74, 6) is 0. The van der Waals surface area contributed by atoms with E-state index in [-0.39, 0.29) is 0 Å². The zero-order chi connectivity index (χ0) is 7.86. The number of carbonyl (C=O) groups excluding carboxylic acids is 1. The predicted octanol–water partition coefficient (Wildman–Crippen LogP) is -0.471. The molecule has 0 N–H and O–H groups in total. The third kappa shape index (κ3) is 93.8. The second-order valence-corrected chi connectivity index (χ2v) is 1.98. The van der Waals surface area contributed by atoms with E-state index in [2.05, 4.69) is 6.58 Å². The van der Waals surface area contributed by atoms with E-state index in [1.165, 1.54) is 6.08 Å². The number of carboxylic acid groups (broad SMARTS) is 2. The number of alkyl halides is 2. The van der Waals surface area contributed by atoms with E-state index < -0.39 is 11.0 Å². The van der Waals surface area contributed by atoms with Gasteiger partial charge in [0.15, 0.2) is 0 Å². The molecule has 0 amide bonds. The van der Waals surface area contributed by atoms with Crippen LogP contribution in [0.25, 0.3) is 0 Å². The summed E-state index contributed by atoms with van der Waals surface area (Å²) in [6.07, 6.45) is -0.886. The molecule has 0 aliphatic heterocycles. The number of rotatable bonds is 1. The van der Waals surface area contributed by atoms with E-state index in [0.717, 1.165) is 0 Å². The Morgan fingerprint density at radius 2 is 1.67 bits per heavy atom. The van der Waals surface area contributed by atoms with E-state index in [4.69, 9.17) is 38.2 Å². The molecule has 5 heteroatoms. The lowest BCUT2D eigenvalue weighted by molar-refractivity contribution is -0.415. The van der Waals surface area contributed by atoms with Crippen LogP contribution < -0.4 is 10.2 Å². The molecule has 0 aliphatic carbocycles. The van der Waals surface area contributed by atoms with Gasteiger partial charge in [-0.05, 0) is 6.16 Å². The third-order valence-electron chi connectivity index (χ3n) is 0.178. The second kappa shape index (κ2) is 7.59. The van der Waals surface area contributed by atoms with E-state index in [1.54, 1.807) is 0 Å². The van der Waals surface area contributed by atoms with Gasteiger partial charge in [0, 0.05) is 0 Å². The molecule has 0 saturated carbocycles. The van der Waals surface area contributed by atoms with Crippen molar-refractivity contribution < 1.29 is 15.0 Å². The van der Waals surface area contributed by atoms with Crippen LogP contribution in [0.3, 0.4) is 0 Å². The van der Waals surface area contributed by atoms with Gasteiger partial charge in [0.25, 0.3) is 0 Å². The van der Waals surface area contributed by atoms with Crippen molar-refractivity contribution in [3.63, 3.8) is 0 Å². The lowest BCUT2D eigenvalue weighted by Gasteiger charge is -1.96. The highest BCUT2D eigenvalue weighted by molar-refractivity contribution is 6.45. The van der Waals surface area contributed by atoms with Gasteiger partial charge in [-0.15, -0.1) is 29.8 Å². The van der Waals surface area contributed by atoms with E-state index in [1.807, 2.05) is 0 Å². The fourth-order valence-corrected chi connectivity index (χ4v) is 0. The molecule has 0 spiro atoms. The first-order valence-corrected chi connectivity index (χ1v) is 2.66. The van der Waals surface area contributed by atoms with Crippen LogP contribution in [-0.4, -0.2) is 11.0 Å². The number of hydrogen-bond acceptors (Lipinski definition) is 3. The summed E-state index contributed by atoms with van der Waals surface area (Å²) in [5.41, 5.74) is 0. The second-order valence-electron chi connectivity index (χ2n) is 0.820. The molecule has 0 bridgehead atoms. The maximum Gasteiger partial charge on any atom is 0.125 e. The van der Waals surface area contributed by atoms with E-state index in [9.17, 15) is 0 Å². The zero-order valence-corrected chi connectivity index (χ0v) is 5.85. The molecule has 9 heavy (non-hydrogen) atoms. The zero-order valence-electron chi connectivity index (χ0n) is 4.34. The summed E-state index contributed by atoms with van der Waals surface area (Å²) in [7, 11) is 0. The maximum atomic E-state index is 8.33. The van der Waals surface area contributed by atoms with Crippen molar-refractivity contribution in [2.75, 3.05) is 0 Å². The van der Waals surface area contributed by atoms with Crippen molar-refractivity contribution in [2.24, 2.45) is 0 Å². The molecule has 0 atom stereocenters. The lowest BCUT2D eigenvalue weighted by atomic mass is 10.8. The Morgan fingerprint density at radius 1 is 1.56 bits per heavy atom. The van der Waals surface area contributed by atoms with Gasteiger partial charge in [-0.2, -0.15) is 0 Å². The Hall–Kier alpha value is -0.410. The molecular formula is C4H4Cl2O3-2. The van der Waals surface area contributed by atoms with Crippen LogP contribution in [0.4, 0.5) is 4.79 Å². The molecule has 0 saturated heterocycles. The lowest BCUT2D eigenvalue weighted by Crippen LogP contribution is -2.37. The first-order chi connectivity index (χ1) is 4.00. The van der Waals surface area contributed by atoms with Crippen LogP contribution >= 0.6 is 23.2 Å². The molecule has 0 aromatic heterocycles. The summed E-state index contributed by atoms with van der Waals surface area (Å²) in [5, 5.41) is 16.7. The normalized spacial score (nSPS) is 7.44. The maximum absolute atomic E-state index is 8.33. The average molecular weight is 171 g/mol. The Kier molecular flexibility index (Phi) is 9.61. The van der Waals surface area contributed by atoms with Crippen molar-refractivity contribution >= 4 is 29.4 Å². The molecule has 3 nitrogen and oxygen atoms in total. The van der Waals surface area contributed by atoms with Crippen LogP contribution in [-0.2, 0) is 0 Å². The number of carbonyl (C=O) groups is 1. The monoisotopic (exact) mass is 170 g/mol. The SMILES string of the molecule is C=CC(Cl)Cl.O=C([O-])[O-]. The van der Waals surface area contributed by atoms with Gasteiger partial charge in [-0.1, -0.05) is 6.08 Å². The smallest absolute Gasteiger partial charge is 0.125 e. The van der Waals surface area contributed by atoms with Crippen molar-refractivity contribution in [2.45, 2.75) is 4.84 Å². The summed E-state index contributed by atoms with van der Waals surface area (Å²) < 4.78 is 0. The van der Waals surface area contributed by atoms with Gasteiger partial charge in [0.2, 0.25) is 0 Å². The summed E-state index contributed by atoms with van der Waals surface area (Å²) in [6.45, 7) is 3.30. The molecule has 0 radical (unpaired) electrons. The van der Waals surface area contributed by atoms with Crippen molar-refractivity contribution in [3.05, 3.63) is 12.7 Å². The largest absolute Gasteiger partial charge is 0.652 e. The van der Waals surface area contributed by atoms with E-state index in [0.29, 0.717) is 0 Å². The van der Waals surface area contributed by atoms with Crippen LogP contribution in [0.1, 0.15) is 0 Å².